The first-order valence-corrected chi connectivity index (χ1v) is 12.1. The van der Waals surface area contributed by atoms with Gasteiger partial charge in [-0.3, -0.25) is 9.63 Å². The molecular weight excluding hydrogens is 394 g/mol. The Labute approximate surface area is 173 Å². The van der Waals surface area contributed by atoms with Gasteiger partial charge in [0.05, 0.1) is 17.7 Å². The fraction of sp³-hybridized carbons (Fsp3) is 0.895. The van der Waals surface area contributed by atoms with Crippen LogP contribution >= 0.6 is 0 Å². The maximum absolute atomic E-state index is 13.3. The lowest BCUT2D eigenvalue weighted by Gasteiger charge is -2.42. The molecule has 5 atom stereocenters. The van der Waals surface area contributed by atoms with E-state index in [9.17, 15) is 13.2 Å². The second kappa shape index (κ2) is 7.47. The molecule has 29 heavy (non-hydrogen) atoms. The van der Waals surface area contributed by atoms with Crippen molar-refractivity contribution in [2.45, 2.75) is 75.3 Å². The number of carbonyl (C=O) groups excluding carboxylic acids is 1. The number of fused-ring (bicyclic) bond motifs is 1. The number of hydrazone groups is 1. The molecule has 0 aromatic rings. The minimum absolute atomic E-state index is 0.0294. The highest BCUT2D eigenvalue weighted by Crippen LogP contribution is 2.41. The molecule has 4 aliphatic rings. The predicted octanol–water partition coefficient (Wildman–Crippen LogP) is 0.643. The zero-order valence-electron chi connectivity index (χ0n) is 17.7. The van der Waals surface area contributed by atoms with Crippen molar-refractivity contribution in [2.24, 2.45) is 16.9 Å². The molecule has 0 bridgehead atoms. The number of hydroxylamine groups is 1. The van der Waals surface area contributed by atoms with E-state index in [1.54, 1.807) is 0 Å². The fourth-order valence-electron chi connectivity index (χ4n) is 4.71. The van der Waals surface area contributed by atoms with E-state index in [1.165, 1.54) is 5.01 Å². The molecule has 1 saturated heterocycles. The topological polar surface area (TPSA) is 103 Å². The van der Waals surface area contributed by atoms with Gasteiger partial charge in [0.25, 0.3) is 0 Å². The van der Waals surface area contributed by atoms with Crippen LogP contribution in [0.15, 0.2) is 5.10 Å². The van der Waals surface area contributed by atoms with Gasteiger partial charge in [0, 0.05) is 31.6 Å². The Morgan fingerprint density at radius 2 is 2.00 bits per heavy atom. The van der Waals surface area contributed by atoms with Gasteiger partial charge in [0.2, 0.25) is 15.9 Å². The fourth-order valence-corrected chi connectivity index (χ4v) is 6.67. The molecule has 5 unspecified atom stereocenters. The van der Waals surface area contributed by atoms with E-state index in [1.807, 2.05) is 32.8 Å². The van der Waals surface area contributed by atoms with Crippen molar-refractivity contribution < 1.29 is 18.0 Å². The van der Waals surface area contributed by atoms with Gasteiger partial charge in [-0.2, -0.15) is 10.6 Å². The Kier molecular flexibility index (Phi) is 5.42. The molecule has 0 aromatic heterocycles. The summed E-state index contributed by atoms with van der Waals surface area (Å²) in [6.07, 6.45) is 4.01. The molecule has 0 spiro atoms. The minimum Gasteiger partial charge on any atom is -0.364 e. The van der Waals surface area contributed by atoms with Crippen LogP contribution in [0, 0.1) is 11.8 Å². The third kappa shape index (κ3) is 4.30. The lowest BCUT2D eigenvalue weighted by atomic mass is 9.76. The zero-order chi connectivity index (χ0) is 21.0. The van der Waals surface area contributed by atoms with Crippen LogP contribution < -0.4 is 10.2 Å². The van der Waals surface area contributed by atoms with E-state index in [0.717, 1.165) is 25.1 Å². The second-order valence-electron chi connectivity index (χ2n) is 9.62. The van der Waals surface area contributed by atoms with Crippen molar-refractivity contribution in [1.29, 1.82) is 0 Å². The average Bonchev–Trinajstić information content (AvgIpc) is 3.21. The van der Waals surface area contributed by atoms with Crippen LogP contribution in [-0.4, -0.2) is 73.6 Å². The highest BCUT2D eigenvalue weighted by molar-refractivity contribution is 7.90. The maximum atomic E-state index is 13.3. The van der Waals surface area contributed by atoms with E-state index < -0.39 is 15.3 Å². The smallest absolute Gasteiger partial charge is 0.246 e. The molecule has 3 fully saturated rings. The molecule has 2 aliphatic carbocycles. The summed E-state index contributed by atoms with van der Waals surface area (Å²) in [4.78, 5) is 20.8. The van der Waals surface area contributed by atoms with Gasteiger partial charge in [-0.05, 0) is 52.4 Å². The molecular formula is C19H33N5O4S. The molecule has 1 amide bonds. The summed E-state index contributed by atoms with van der Waals surface area (Å²) in [5.74, 6) is 0.380. The highest BCUT2D eigenvalue weighted by Gasteiger charge is 2.49. The molecule has 0 radical (unpaired) electrons. The standard InChI is InChI=1S/C19H33N5O4S/c1-12-9-13(28-21-12)11-24-18(25)16-10-14(29(26,27)22-19(2)7-8-19)5-6-15(16)17(20-24)23(3)4/h12-16,21-22H,5-11H2,1-4H3. The number of nitrogens with one attached hydrogen (secondary N) is 2. The summed E-state index contributed by atoms with van der Waals surface area (Å²) in [7, 11) is 0.411. The molecule has 4 rings (SSSR count). The number of amides is 1. The number of hydrogen-bond donors (Lipinski definition) is 2. The van der Waals surface area contributed by atoms with Crippen LogP contribution in [-0.2, 0) is 19.7 Å². The largest absolute Gasteiger partial charge is 0.364 e. The van der Waals surface area contributed by atoms with E-state index in [0.29, 0.717) is 25.8 Å². The summed E-state index contributed by atoms with van der Waals surface area (Å²) in [5.41, 5.74) is 2.64. The highest BCUT2D eigenvalue weighted by atomic mass is 32.2. The number of amidine groups is 1. The Morgan fingerprint density at radius 3 is 2.59 bits per heavy atom. The summed E-state index contributed by atoms with van der Waals surface area (Å²) < 4.78 is 28.7. The summed E-state index contributed by atoms with van der Waals surface area (Å²) in [6.45, 7) is 4.36. The van der Waals surface area contributed by atoms with Gasteiger partial charge in [-0.25, -0.2) is 18.1 Å². The predicted molar refractivity (Wildman–Crippen MR) is 109 cm³/mol. The Hall–Kier alpha value is -1.23. The number of hydrogen-bond acceptors (Lipinski definition) is 7. The monoisotopic (exact) mass is 427 g/mol. The lowest BCUT2D eigenvalue weighted by Crippen LogP contribution is -2.54. The van der Waals surface area contributed by atoms with Gasteiger partial charge >= 0.3 is 0 Å². The SMILES string of the molecule is CC1CC(CN2N=C(N(C)C)C3CCC(S(=O)(=O)NC4(C)CC4)CC3C2=O)ON1. The van der Waals surface area contributed by atoms with Crippen LogP contribution in [0.2, 0.25) is 0 Å². The molecule has 2 N–H and O–H groups in total. The minimum atomic E-state index is -3.45. The molecule has 0 aromatic carbocycles. The normalized spacial score (nSPS) is 36.6. The van der Waals surface area contributed by atoms with Crippen LogP contribution in [0.1, 0.15) is 52.4 Å². The van der Waals surface area contributed by atoms with E-state index >= 15 is 0 Å². The quantitative estimate of drug-likeness (QED) is 0.668. The van der Waals surface area contributed by atoms with E-state index in [-0.39, 0.29) is 35.4 Å². The Balaban J connectivity index is 1.52. The number of nitrogens with zero attached hydrogens (tertiary/aromatic N) is 3. The van der Waals surface area contributed by atoms with Crippen molar-refractivity contribution in [3.63, 3.8) is 0 Å². The first kappa shape index (κ1) is 21.0. The Morgan fingerprint density at radius 1 is 1.28 bits per heavy atom. The average molecular weight is 428 g/mol. The lowest BCUT2D eigenvalue weighted by molar-refractivity contribution is -0.141. The maximum Gasteiger partial charge on any atom is 0.246 e. The third-order valence-corrected chi connectivity index (χ3v) is 8.73. The zero-order valence-corrected chi connectivity index (χ0v) is 18.5. The first-order chi connectivity index (χ1) is 13.6. The van der Waals surface area contributed by atoms with E-state index in [2.05, 4.69) is 15.3 Å². The van der Waals surface area contributed by atoms with Crippen molar-refractivity contribution in [3.05, 3.63) is 0 Å². The van der Waals surface area contributed by atoms with Crippen LogP contribution in [0.3, 0.4) is 0 Å². The summed E-state index contributed by atoms with van der Waals surface area (Å²) in [5, 5.41) is 5.62. The molecule has 10 heteroatoms. The number of rotatable bonds is 5. The van der Waals surface area contributed by atoms with Crippen LogP contribution in [0.4, 0.5) is 0 Å². The van der Waals surface area contributed by atoms with Gasteiger partial charge < -0.3 is 4.90 Å². The van der Waals surface area contributed by atoms with Crippen LogP contribution in [0.25, 0.3) is 0 Å². The molecule has 2 saturated carbocycles. The van der Waals surface area contributed by atoms with Crippen molar-refractivity contribution in [1.82, 2.24) is 20.1 Å². The summed E-state index contributed by atoms with van der Waals surface area (Å²) in [6, 6.07) is 0.240. The Bertz CT molecular complexity index is 794. The number of sulfonamides is 1. The third-order valence-electron chi connectivity index (χ3n) is 6.64. The molecule has 2 heterocycles. The van der Waals surface area contributed by atoms with Gasteiger partial charge in [-0.15, -0.1) is 0 Å². The number of carbonyl (C=O) groups is 1. The summed E-state index contributed by atoms with van der Waals surface area (Å²) >= 11 is 0. The van der Waals surface area contributed by atoms with Crippen molar-refractivity contribution in [2.75, 3.05) is 20.6 Å². The van der Waals surface area contributed by atoms with Gasteiger partial charge in [-0.1, -0.05) is 0 Å². The molecule has 2 aliphatic heterocycles. The molecule has 9 nitrogen and oxygen atoms in total. The van der Waals surface area contributed by atoms with Gasteiger partial charge in [0.15, 0.2) is 0 Å². The first-order valence-electron chi connectivity index (χ1n) is 10.6. The van der Waals surface area contributed by atoms with Crippen LogP contribution in [0.5, 0.6) is 0 Å². The van der Waals surface area contributed by atoms with Crippen molar-refractivity contribution >= 4 is 21.8 Å². The molecule has 164 valence electrons. The second-order valence-corrected chi connectivity index (χ2v) is 11.6. The van der Waals surface area contributed by atoms with Gasteiger partial charge in [0.1, 0.15) is 11.9 Å². The van der Waals surface area contributed by atoms with E-state index in [4.69, 9.17) is 4.84 Å². The van der Waals surface area contributed by atoms with Crippen molar-refractivity contribution in [3.8, 4) is 0 Å².